The van der Waals surface area contributed by atoms with Crippen LogP contribution in [0.5, 0.6) is 0 Å². The fourth-order valence-corrected chi connectivity index (χ4v) is 2.52. The lowest BCUT2D eigenvalue weighted by molar-refractivity contribution is 0.673. The molecule has 2 nitrogen and oxygen atoms in total. The molecule has 0 aliphatic carbocycles. The lowest BCUT2D eigenvalue weighted by atomic mass is 10.2. The van der Waals surface area contributed by atoms with Crippen molar-refractivity contribution >= 4 is 22.4 Å². The first-order chi connectivity index (χ1) is 7.15. The average Bonchev–Trinajstić information content (AvgIpc) is 2.21. The third-order valence-corrected chi connectivity index (χ3v) is 4.11. The van der Waals surface area contributed by atoms with Crippen LogP contribution in [0, 0.1) is 11.3 Å². The zero-order chi connectivity index (χ0) is 11.3. The van der Waals surface area contributed by atoms with Crippen molar-refractivity contribution in [2.24, 2.45) is 0 Å². The lowest BCUT2D eigenvalue weighted by Crippen LogP contribution is -2.12. The molecule has 80 valence electrons. The SMILES string of the molecule is CC(CC#N)S(=O)Cc1ccccc1Cl. The van der Waals surface area contributed by atoms with Crippen LogP contribution in [0.3, 0.4) is 0 Å². The molecule has 2 atom stereocenters. The topological polar surface area (TPSA) is 40.9 Å². The van der Waals surface area contributed by atoms with Crippen LogP contribution < -0.4 is 0 Å². The summed E-state index contributed by atoms with van der Waals surface area (Å²) in [5, 5.41) is 9.02. The van der Waals surface area contributed by atoms with Gasteiger partial charge in [0.1, 0.15) is 0 Å². The monoisotopic (exact) mass is 241 g/mol. The maximum absolute atomic E-state index is 11.8. The molecule has 0 aliphatic heterocycles. The lowest BCUT2D eigenvalue weighted by Gasteiger charge is -2.08. The van der Waals surface area contributed by atoms with Crippen LogP contribution in [-0.4, -0.2) is 9.46 Å². The van der Waals surface area contributed by atoms with Crippen molar-refractivity contribution in [3.05, 3.63) is 34.9 Å². The molecule has 0 amide bonds. The number of nitriles is 1. The van der Waals surface area contributed by atoms with Crippen LogP contribution >= 0.6 is 11.6 Å². The summed E-state index contributed by atoms with van der Waals surface area (Å²) in [7, 11) is -1.03. The highest BCUT2D eigenvalue weighted by molar-refractivity contribution is 7.84. The highest BCUT2D eigenvalue weighted by Gasteiger charge is 2.12. The maximum atomic E-state index is 11.8. The van der Waals surface area contributed by atoms with Gasteiger partial charge in [-0.1, -0.05) is 29.8 Å². The van der Waals surface area contributed by atoms with E-state index < -0.39 is 10.8 Å². The molecule has 0 radical (unpaired) electrons. The molecule has 0 bridgehead atoms. The second-order valence-electron chi connectivity index (χ2n) is 3.29. The van der Waals surface area contributed by atoms with Crippen LogP contribution in [0.25, 0.3) is 0 Å². The molecule has 1 aromatic rings. The highest BCUT2D eigenvalue weighted by Crippen LogP contribution is 2.18. The fourth-order valence-electron chi connectivity index (χ4n) is 1.13. The summed E-state index contributed by atoms with van der Waals surface area (Å²) in [6, 6.07) is 9.37. The summed E-state index contributed by atoms with van der Waals surface area (Å²) >= 11 is 5.95. The van der Waals surface area contributed by atoms with E-state index in [1.165, 1.54) is 0 Å². The molecule has 0 fully saturated rings. The van der Waals surface area contributed by atoms with Gasteiger partial charge in [0, 0.05) is 27.5 Å². The molecular formula is C11H12ClNOS. The summed E-state index contributed by atoms with van der Waals surface area (Å²) in [5.41, 5.74) is 0.877. The molecule has 0 heterocycles. The number of hydrogen-bond acceptors (Lipinski definition) is 2. The Kier molecular flexibility index (Phi) is 4.80. The van der Waals surface area contributed by atoms with Crippen molar-refractivity contribution in [1.82, 2.24) is 0 Å². The molecule has 0 saturated carbocycles. The van der Waals surface area contributed by atoms with Gasteiger partial charge in [0.15, 0.2) is 0 Å². The first-order valence-electron chi connectivity index (χ1n) is 4.62. The van der Waals surface area contributed by atoms with Crippen molar-refractivity contribution in [2.75, 3.05) is 0 Å². The molecule has 4 heteroatoms. The van der Waals surface area contributed by atoms with Crippen molar-refractivity contribution in [1.29, 1.82) is 5.26 Å². The Morgan fingerprint density at radius 2 is 2.20 bits per heavy atom. The standard InChI is InChI=1S/C11H12ClNOS/c1-9(6-7-13)15(14)8-10-4-2-3-5-11(10)12/h2-5,9H,6,8H2,1H3. The normalized spacial score (nSPS) is 14.2. The van der Waals surface area contributed by atoms with Crippen molar-refractivity contribution in [3.63, 3.8) is 0 Å². The van der Waals surface area contributed by atoms with Crippen molar-refractivity contribution in [2.45, 2.75) is 24.3 Å². The van der Waals surface area contributed by atoms with E-state index in [1.807, 2.05) is 31.2 Å². The average molecular weight is 242 g/mol. The first kappa shape index (κ1) is 12.2. The minimum Gasteiger partial charge on any atom is -0.259 e. The third-order valence-electron chi connectivity index (χ3n) is 2.08. The molecular weight excluding hydrogens is 230 g/mol. The second-order valence-corrected chi connectivity index (χ2v) is 5.55. The first-order valence-corrected chi connectivity index (χ1v) is 6.38. The van der Waals surface area contributed by atoms with Crippen LogP contribution in [0.1, 0.15) is 18.9 Å². The Morgan fingerprint density at radius 1 is 1.53 bits per heavy atom. The third kappa shape index (κ3) is 3.65. The van der Waals surface area contributed by atoms with Gasteiger partial charge in [-0.2, -0.15) is 5.26 Å². The number of nitrogens with zero attached hydrogens (tertiary/aromatic N) is 1. The molecule has 1 rings (SSSR count). The Balaban J connectivity index is 2.67. The zero-order valence-electron chi connectivity index (χ0n) is 8.44. The number of hydrogen-bond donors (Lipinski definition) is 0. The molecule has 2 unspecified atom stereocenters. The molecule has 0 N–H and O–H groups in total. The van der Waals surface area contributed by atoms with Crippen LogP contribution in [0.2, 0.25) is 5.02 Å². The molecule has 15 heavy (non-hydrogen) atoms. The fraction of sp³-hybridized carbons (Fsp3) is 0.364. The second kappa shape index (κ2) is 5.89. The van der Waals surface area contributed by atoms with Gasteiger partial charge in [-0.3, -0.25) is 4.21 Å². The van der Waals surface area contributed by atoms with Crippen molar-refractivity contribution in [3.8, 4) is 6.07 Å². The van der Waals surface area contributed by atoms with Gasteiger partial charge in [0.05, 0.1) is 11.8 Å². The van der Waals surface area contributed by atoms with E-state index in [4.69, 9.17) is 16.9 Å². The summed E-state index contributed by atoms with van der Waals surface area (Å²) in [6.07, 6.45) is 0.317. The largest absolute Gasteiger partial charge is 0.259 e. The summed E-state index contributed by atoms with van der Waals surface area (Å²) < 4.78 is 11.8. The van der Waals surface area contributed by atoms with Gasteiger partial charge in [0.2, 0.25) is 0 Å². The van der Waals surface area contributed by atoms with Crippen LogP contribution in [0.15, 0.2) is 24.3 Å². The smallest absolute Gasteiger partial charge is 0.0634 e. The van der Waals surface area contributed by atoms with E-state index in [9.17, 15) is 4.21 Å². The molecule has 0 spiro atoms. The van der Waals surface area contributed by atoms with Gasteiger partial charge >= 0.3 is 0 Å². The van der Waals surface area contributed by atoms with E-state index in [2.05, 4.69) is 0 Å². The minimum atomic E-state index is -1.03. The van der Waals surface area contributed by atoms with Crippen molar-refractivity contribution < 1.29 is 4.21 Å². The van der Waals surface area contributed by atoms with Crippen LogP contribution in [-0.2, 0) is 16.6 Å². The van der Waals surface area contributed by atoms with E-state index in [0.717, 1.165) is 5.56 Å². The summed E-state index contributed by atoms with van der Waals surface area (Å²) in [6.45, 7) is 1.82. The summed E-state index contributed by atoms with van der Waals surface area (Å²) in [5.74, 6) is 0.419. The van der Waals surface area contributed by atoms with E-state index in [1.54, 1.807) is 6.07 Å². The summed E-state index contributed by atoms with van der Waals surface area (Å²) in [4.78, 5) is 0. The van der Waals surface area contributed by atoms with Gasteiger partial charge in [-0.05, 0) is 18.6 Å². The molecule has 0 aromatic heterocycles. The Labute approximate surface area is 97.3 Å². The van der Waals surface area contributed by atoms with Gasteiger partial charge in [0.25, 0.3) is 0 Å². The predicted molar refractivity (Wildman–Crippen MR) is 63.0 cm³/mol. The van der Waals surface area contributed by atoms with Gasteiger partial charge < -0.3 is 0 Å². The maximum Gasteiger partial charge on any atom is 0.0634 e. The molecule has 0 aliphatic rings. The van der Waals surface area contributed by atoms with E-state index >= 15 is 0 Å². The molecule has 0 saturated heterocycles. The number of rotatable bonds is 4. The Morgan fingerprint density at radius 3 is 2.80 bits per heavy atom. The Hall–Kier alpha value is -0.850. The van der Waals surface area contributed by atoms with Gasteiger partial charge in [-0.25, -0.2) is 0 Å². The molecule has 1 aromatic carbocycles. The Bertz CT molecular complexity index is 400. The minimum absolute atomic E-state index is 0.105. The number of benzene rings is 1. The number of halogens is 1. The van der Waals surface area contributed by atoms with E-state index in [-0.39, 0.29) is 5.25 Å². The quantitative estimate of drug-likeness (QED) is 0.813. The van der Waals surface area contributed by atoms with E-state index in [0.29, 0.717) is 17.2 Å². The van der Waals surface area contributed by atoms with Gasteiger partial charge in [-0.15, -0.1) is 0 Å². The zero-order valence-corrected chi connectivity index (χ0v) is 10.0. The predicted octanol–water partition coefficient (Wildman–Crippen LogP) is 2.89. The van der Waals surface area contributed by atoms with Crippen LogP contribution in [0.4, 0.5) is 0 Å². The highest BCUT2D eigenvalue weighted by atomic mass is 35.5.